The van der Waals surface area contributed by atoms with Crippen LogP contribution in [-0.2, 0) is 11.2 Å². The van der Waals surface area contributed by atoms with E-state index < -0.39 is 11.6 Å². The van der Waals surface area contributed by atoms with Crippen molar-refractivity contribution in [3.8, 4) is 11.5 Å². The van der Waals surface area contributed by atoms with Gasteiger partial charge in [-0.15, -0.1) is 0 Å². The van der Waals surface area contributed by atoms with E-state index in [1.54, 1.807) is 20.3 Å². The molecule has 0 atom stereocenters. The van der Waals surface area contributed by atoms with Crippen LogP contribution >= 0.6 is 0 Å². The second-order valence-electron chi connectivity index (χ2n) is 7.22. The predicted octanol–water partition coefficient (Wildman–Crippen LogP) is 4.07. The Morgan fingerprint density at radius 1 is 1.06 bits per heavy atom. The summed E-state index contributed by atoms with van der Waals surface area (Å²) in [6, 6.07) is 9.27. The Balaban J connectivity index is 1.63. The van der Waals surface area contributed by atoms with Gasteiger partial charge in [0.25, 0.3) is 0 Å². The number of nitrogens with zero attached hydrogens (tertiary/aromatic N) is 1. The maximum Gasteiger partial charge on any atom is 0.223 e. The fourth-order valence-corrected chi connectivity index (χ4v) is 3.05. The van der Waals surface area contributed by atoms with Gasteiger partial charge >= 0.3 is 0 Å². The van der Waals surface area contributed by atoms with Crippen molar-refractivity contribution in [1.29, 1.82) is 0 Å². The standard InChI is InChI=1S/C24H30F2N2O3/c1-28(15-12-18-8-11-22(30-2)23(16-18)31-3)14-5-13-27-24(29)7-4-6-19-9-10-20(25)17-21(19)26/h4,6,8-11,16-17H,5,7,12-15H2,1-3H3,(H,27,29)/b6-4+. The van der Waals surface area contributed by atoms with Gasteiger partial charge in [0.05, 0.1) is 14.2 Å². The molecule has 0 aromatic heterocycles. The number of hydrogen-bond donors (Lipinski definition) is 1. The number of likely N-dealkylation sites (N-methyl/N-ethyl adjacent to an activating group) is 1. The van der Waals surface area contributed by atoms with Crippen molar-refractivity contribution in [2.45, 2.75) is 19.3 Å². The van der Waals surface area contributed by atoms with Crippen molar-refractivity contribution in [2.75, 3.05) is 40.9 Å². The summed E-state index contributed by atoms with van der Waals surface area (Å²) >= 11 is 0. The first-order valence-corrected chi connectivity index (χ1v) is 10.2. The highest BCUT2D eigenvalue weighted by molar-refractivity contribution is 5.78. The van der Waals surface area contributed by atoms with Crippen LogP contribution in [-0.4, -0.2) is 51.7 Å². The Hall–Kier alpha value is -2.93. The fourth-order valence-electron chi connectivity index (χ4n) is 3.05. The van der Waals surface area contributed by atoms with Gasteiger partial charge in [0.2, 0.25) is 5.91 Å². The molecule has 0 aliphatic carbocycles. The summed E-state index contributed by atoms with van der Waals surface area (Å²) in [4.78, 5) is 14.1. The third-order valence-corrected chi connectivity index (χ3v) is 4.83. The van der Waals surface area contributed by atoms with Crippen molar-refractivity contribution < 1.29 is 23.0 Å². The largest absolute Gasteiger partial charge is 0.493 e. The normalized spacial score (nSPS) is 11.2. The first kappa shape index (κ1) is 24.3. The number of nitrogens with one attached hydrogen (secondary N) is 1. The minimum absolute atomic E-state index is 0.133. The van der Waals surface area contributed by atoms with Gasteiger partial charge in [0.15, 0.2) is 11.5 Å². The summed E-state index contributed by atoms with van der Waals surface area (Å²) in [6.07, 6.45) is 4.90. The van der Waals surface area contributed by atoms with E-state index >= 15 is 0 Å². The quantitative estimate of drug-likeness (QED) is 0.514. The van der Waals surface area contributed by atoms with Crippen molar-refractivity contribution in [3.63, 3.8) is 0 Å². The molecule has 1 N–H and O–H groups in total. The van der Waals surface area contributed by atoms with Gasteiger partial charge in [0, 0.05) is 31.1 Å². The fraction of sp³-hybridized carbons (Fsp3) is 0.375. The summed E-state index contributed by atoms with van der Waals surface area (Å²) < 4.78 is 37.0. The zero-order valence-corrected chi connectivity index (χ0v) is 18.3. The lowest BCUT2D eigenvalue weighted by atomic mass is 10.1. The molecule has 2 rings (SSSR count). The smallest absolute Gasteiger partial charge is 0.223 e. The summed E-state index contributed by atoms with van der Waals surface area (Å²) in [7, 11) is 5.28. The molecular weight excluding hydrogens is 402 g/mol. The van der Waals surface area contributed by atoms with Crippen LogP contribution in [0, 0.1) is 11.6 Å². The number of carbonyl (C=O) groups excluding carboxylic acids is 1. The van der Waals surface area contributed by atoms with Crippen LogP contribution in [0.1, 0.15) is 24.0 Å². The molecule has 0 fully saturated rings. The SMILES string of the molecule is COc1ccc(CCN(C)CCCNC(=O)C/C=C/c2ccc(F)cc2F)cc1OC. The maximum absolute atomic E-state index is 13.5. The molecule has 0 heterocycles. The molecule has 0 unspecified atom stereocenters. The third-order valence-electron chi connectivity index (χ3n) is 4.83. The lowest BCUT2D eigenvalue weighted by Crippen LogP contribution is -2.28. The summed E-state index contributed by atoms with van der Waals surface area (Å²) in [5.74, 6) is 0.0372. The van der Waals surface area contributed by atoms with Crippen LogP contribution in [0.25, 0.3) is 6.08 Å². The van der Waals surface area contributed by atoms with Crippen molar-refractivity contribution in [2.24, 2.45) is 0 Å². The number of benzene rings is 2. The van der Waals surface area contributed by atoms with Crippen molar-refractivity contribution in [1.82, 2.24) is 10.2 Å². The summed E-state index contributed by atoms with van der Waals surface area (Å²) in [5, 5.41) is 2.85. The van der Waals surface area contributed by atoms with E-state index in [9.17, 15) is 13.6 Å². The molecule has 0 aliphatic rings. The lowest BCUT2D eigenvalue weighted by Gasteiger charge is -2.17. The third kappa shape index (κ3) is 8.38. The zero-order valence-electron chi connectivity index (χ0n) is 18.3. The Labute approximate surface area is 182 Å². The van der Waals surface area contributed by atoms with Crippen LogP contribution in [0.2, 0.25) is 0 Å². The van der Waals surface area contributed by atoms with E-state index in [1.807, 2.05) is 25.2 Å². The first-order chi connectivity index (χ1) is 14.9. The second-order valence-corrected chi connectivity index (χ2v) is 7.22. The minimum Gasteiger partial charge on any atom is -0.493 e. The average Bonchev–Trinajstić information content (AvgIpc) is 2.76. The highest BCUT2D eigenvalue weighted by Gasteiger charge is 2.06. The van der Waals surface area contributed by atoms with Crippen LogP contribution < -0.4 is 14.8 Å². The first-order valence-electron chi connectivity index (χ1n) is 10.2. The van der Waals surface area contributed by atoms with Crippen LogP contribution in [0.15, 0.2) is 42.5 Å². The van der Waals surface area contributed by atoms with Crippen molar-refractivity contribution >= 4 is 12.0 Å². The zero-order chi connectivity index (χ0) is 22.6. The van der Waals surface area contributed by atoms with E-state index in [0.29, 0.717) is 12.3 Å². The molecule has 0 spiro atoms. The number of halogens is 2. The minimum atomic E-state index is -0.646. The van der Waals surface area contributed by atoms with Gasteiger partial charge in [-0.05, 0) is 56.3 Å². The molecule has 5 nitrogen and oxygen atoms in total. The number of ether oxygens (including phenoxy) is 2. The highest BCUT2D eigenvalue weighted by atomic mass is 19.1. The number of carbonyl (C=O) groups is 1. The molecule has 0 bridgehead atoms. The van der Waals surface area contributed by atoms with E-state index in [4.69, 9.17) is 9.47 Å². The molecule has 0 saturated heterocycles. The predicted molar refractivity (Wildman–Crippen MR) is 118 cm³/mol. The van der Waals surface area contributed by atoms with Gasteiger partial charge in [-0.2, -0.15) is 0 Å². The van der Waals surface area contributed by atoms with Gasteiger partial charge in [-0.3, -0.25) is 4.79 Å². The van der Waals surface area contributed by atoms with Crippen LogP contribution in [0.3, 0.4) is 0 Å². The lowest BCUT2D eigenvalue weighted by molar-refractivity contribution is -0.120. The average molecular weight is 433 g/mol. The molecule has 2 aromatic rings. The maximum atomic E-state index is 13.5. The second kappa shape index (κ2) is 12.7. The Morgan fingerprint density at radius 3 is 2.55 bits per heavy atom. The van der Waals surface area contributed by atoms with Gasteiger partial charge < -0.3 is 19.7 Å². The van der Waals surface area contributed by atoms with E-state index in [-0.39, 0.29) is 17.9 Å². The number of rotatable bonds is 12. The number of methoxy groups -OCH3 is 2. The molecule has 168 valence electrons. The summed E-state index contributed by atoms with van der Waals surface area (Å²) in [6.45, 7) is 2.30. The molecule has 0 saturated carbocycles. The molecule has 1 amide bonds. The summed E-state index contributed by atoms with van der Waals surface area (Å²) in [5.41, 5.74) is 1.42. The van der Waals surface area contributed by atoms with Crippen LogP contribution in [0.5, 0.6) is 11.5 Å². The molecule has 0 aliphatic heterocycles. The molecule has 2 aromatic carbocycles. The van der Waals surface area contributed by atoms with Gasteiger partial charge in [0.1, 0.15) is 11.6 Å². The van der Waals surface area contributed by atoms with Crippen LogP contribution in [0.4, 0.5) is 8.78 Å². The molecule has 31 heavy (non-hydrogen) atoms. The van der Waals surface area contributed by atoms with Gasteiger partial charge in [-0.1, -0.05) is 18.2 Å². The Bertz CT molecular complexity index is 887. The Kier molecular flexibility index (Phi) is 9.97. The van der Waals surface area contributed by atoms with E-state index in [2.05, 4.69) is 10.2 Å². The highest BCUT2D eigenvalue weighted by Crippen LogP contribution is 2.27. The van der Waals surface area contributed by atoms with E-state index in [0.717, 1.165) is 37.7 Å². The van der Waals surface area contributed by atoms with E-state index in [1.165, 1.54) is 23.8 Å². The topological polar surface area (TPSA) is 50.8 Å². The van der Waals surface area contributed by atoms with Crippen molar-refractivity contribution in [3.05, 3.63) is 65.2 Å². The Morgan fingerprint density at radius 2 is 1.84 bits per heavy atom. The number of hydrogen-bond acceptors (Lipinski definition) is 4. The molecular formula is C24H30F2N2O3. The molecule has 7 heteroatoms. The van der Waals surface area contributed by atoms with Gasteiger partial charge in [-0.25, -0.2) is 8.78 Å². The molecule has 0 radical (unpaired) electrons. The monoisotopic (exact) mass is 432 g/mol. The number of amides is 1.